The molecule has 12 heteroatoms. The second-order valence-corrected chi connectivity index (χ2v) is 10.8. The highest BCUT2D eigenvalue weighted by atomic mass is 19.4. The van der Waals surface area contributed by atoms with Gasteiger partial charge in [0.05, 0.1) is 17.4 Å². The Morgan fingerprint density at radius 3 is 2.45 bits per heavy atom. The van der Waals surface area contributed by atoms with Gasteiger partial charge in [-0.2, -0.15) is 18.4 Å². The number of nitrogens with one attached hydrogen (secondary N) is 1. The van der Waals surface area contributed by atoms with Gasteiger partial charge in [0, 0.05) is 38.8 Å². The van der Waals surface area contributed by atoms with E-state index in [1.807, 2.05) is 13.8 Å². The first-order valence-electron chi connectivity index (χ1n) is 13.1. The fraction of sp³-hybridized carbons (Fsp3) is 0.536. The molecule has 40 heavy (non-hydrogen) atoms. The number of likely N-dealkylation sites (tertiary alicyclic amines) is 2. The summed E-state index contributed by atoms with van der Waals surface area (Å²) in [5.74, 6) is -4.45. The first kappa shape index (κ1) is 30.7. The van der Waals surface area contributed by atoms with Crippen LogP contribution in [0, 0.1) is 28.6 Å². The maximum absolute atomic E-state index is 13.9. The average molecular weight is 562 g/mol. The van der Waals surface area contributed by atoms with Crippen LogP contribution in [0.3, 0.4) is 0 Å². The SMILES string of the molecule is C=C[C@]1(C(=O)Nc2ccccc2)C[C@@H](C#N)N(C(=O)[C@H](CC(C)C)N(C)C(=O)[C@@H]2CCN(C(=O)C(F)(F)F)C2)C1. The summed E-state index contributed by atoms with van der Waals surface area (Å²) in [5.41, 5.74) is -0.703. The highest BCUT2D eigenvalue weighted by Crippen LogP contribution is 2.38. The third-order valence-corrected chi connectivity index (χ3v) is 7.56. The molecule has 216 valence electrons. The zero-order valence-electron chi connectivity index (χ0n) is 22.8. The number of nitriles is 1. The van der Waals surface area contributed by atoms with Crippen LogP contribution in [0.5, 0.6) is 0 Å². The van der Waals surface area contributed by atoms with Crippen LogP contribution in [-0.4, -0.2) is 83.3 Å². The number of alkyl halides is 3. The molecule has 2 fully saturated rings. The predicted molar refractivity (Wildman–Crippen MR) is 140 cm³/mol. The highest BCUT2D eigenvalue weighted by molar-refractivity contribution is 5.98. The van der Waals surface area contributed by atoms with E-state index in [-0.39, 0.29) is 38.3 Å². The van der Waals surface area contributed by atoms with E-state index in [0.717, 1.165) is 0 Å². The van der Waals surface area contributed by atoms with Crippen molar-refractivity contribution in [1.82, 2.24) is 14.7 Å². The van der Waals surface area contributed by atoms with E-state index in [9.17, 15) is 37.6 Å². The third kappa shape index (κ3) is 6.46. The smallest absolute Gasteiger partial charge is 0.334 e. The predicted octanol–water partition coefficient (Wildman–Crippen LogP) is 3.21. The number of benzene rings is 1. The van der Waals surface area contributed by atoms with Gasteiger partial charge in [0.25, 0.3) is 0 Å². The van der Waals surface area contributed by atoms with Crippen LogP contribution in [0.1, 0.15) is 33.1 Å². The van der Waals surface area contributed by atoms with Gasteiger partial charge in [-0.25, -0.2) is 0 Å². The van der Waals surface area contributed by atoms with Gasteiger partial charge < -0.3 is 20.0 Å². The lowest BCUT2D eigenvalue weighted by Gasteiger charge is -2.34. The summed E-state index contributed by atoms with van der Waals surface area (Å²) in [6, 6.07) is 8.83. The molecule has 1 aromatic rings. The van der Waals surface area contributed by atoms with Gasteiger partial charge >= 0.3 is 12.1 Å². The van der Waals surface area contributed by atoms with Gasteiger partial charge in [-0.15, -0.1) is 6.58 Å². The Hall–Kier alpha value is -3.88. The summed E-state index contributed by atoms with van der Waals surface area (Å²) in [7, 11) is 1.40. The maximum atomic E-state index is 13.9. The zero-order chi connectivity index (χ0) is 29.8. The van der Waals surface area contributed by atoms with Crippen LogP contribution in [0.15, 0.2) is 43.0 Å². The van der Waals surface area contributed by atoms with Crippen molar-refractivity contribution in [3.8, 4) is 6.07 Å². The van der Waals surface area contributed by atoms with Crippen molar-refractivity contribution in [1.29, 1.82) is 5.26 Å². The molecule has 0 bridgehead atoms. The van der Waals surface area contributed by atoms with Crippen LogP contribution >= 0.6 is 0 Å². The Morgan fingerprint density at radius 2 is 1.90 bits per heavy atom. The molecule has 4 amide bonds. The molecule has 3 rings (SSSR count). The summed E-state index contributed by atoms with van der Waals surface area (Å²) in [5, 5.41) is 12.7. The summed E-state index contributed by atoms with van der Waals surface area (Å²) in [4.78, 5) is 55.3. The summed E-state index contributed by atoms with van der Waals surface area (Å²) in [6.45, 7) is 6.77. The summed E-state index contributed by atoms with van der Waals surface area (Å²) in [6.07, 6.45) is -3.32. The molecule has 0 radical (unpaired) electrons. The van der Waals surface area contributed by atoms with E-state index < -0.39 is 59.8 Å². The zero-order valence-corrected chi connectivity index (χ0v) is 22.8. The average Bonchev–Trinajstić information content (AvgIpc) is 3.56. The highest BCUT2D eigenvalue weighted by Gasteiger charge is 2.51. The van der Waals surface area contributed by atoms with Gasteiger partial charge in [-0.3, -0.25) is 19.2 Å². The molecule has 0 spiro atoms. The van der Waals surface area contributed by atoms with Crippen LogP contribution in [0.4, 0.5) is 18.9 Å². The van der Waals surface area contributed by atoms with Gasteiger partial charge in [-0.05, 0) is 30.9 Å². The number of likely N-dealkylation sites (N-methyl/N-ethyl adjacent to an activating group) is 1. The molecule has 0 aliphatic carbocycles. The number of amides is 4. The van der Waals surface area contributed by atoms with E-state index >= 15 is 0 Å². The van der Waals surface area contributed by atoms with Crippen molar-refractivity contribution in [2.24, 2.45) is 17.3 Å². The van der Waals surface area contributed by atoms with E-state index in [1.54, 1.807) is 30.3 Å². The fourth-order valence-electron chi connectivity index (χ4n) is 5.29. The molecule has 2 aliphatic rings. The van der Waals surface area contributed by atoms with E-state index in [4.69, 9.17) is 0 Å². The Kier molecular flexibility index (Phi) is 9.28. The van der Waals surface area contributed by atoms with Gasteiger partial charge in [-0.1, -0.05) is 38.1 Å². The summed E-state index contributed by atoms with van der Waals surface area (Å²) >= 11 is 0. The van der Waals surface area contributed by atoms with Crippen molar-refractivity contribution in [3.05, 3.63) is 43.0 Å². The molecule has 2 heterocycles. The van der Waals surface area contributed by atoms with E-state index in [1.165, 1.54) is 22.9 Å². The Morgan fingerprint density at radius 1 is 1.25 bits per heavy atom. The first-order chi connectivity index (χ1) is 18.7. The molecule has 2 saturated heterocycles. The normalized spacial score (nSPS) is 23.4. The van der Waals surface area contributed by atoms with E-state index in [2.05, 4.69) is 18.0 Å². The number of anilines is 1. The topological polar surface area (TPSA) is 114 Å². The fourth-order valence-corrected chi connectivity index (χ4v) is 5.29. The second-order valence-electron chi connectivity index (χ2n) is 10.8. The number of para-hydroxylation sites is 1. The van der Waals surface area contributed by atoms with Crippen LogP contribution in [0.2, 0.25) is 0 Å². The minimum Gasteiger partial charge on any atom is -0.334 e. The molecule has 1 aromatic carbocycles. The molecule has 9 nitrogen and oxygen atoms in total. The monoisotopic (exact) mass is 561 g/mol. The Balaban J connectivity index is 1.81. The number of hydrogen-bond donors (Lipinski definition) is 1. The largest absolute Gasteiger partial charge is 0.471 e. The third-order valence-electron chi connectivity index (χ3n) is 7.56. The van der Waals surface area contributed by atoms with E-state index in [0.29, 0.717) is 10.6 Å². The number of carbonyl (C=O) groups is 4. The lowest BCUT2D eigenvalue weighted by Crippen LogP contribution is -2.53. The Bertz CT molecular complexity index is 1180. The van der Waals surface area contributed by atoms with Crippen LogP contribution in [0.25, 0.3) is 0 Å². The Labute approximate surface area is 231 Å². The minimum absolute atomic E-state index is 0.0145. The lowest BCUT2D eigenvalue weighted by molar-refractivity contribution is -0.184. The van der Waals surface area contributed by atoms with Gasteiger partial charge in [0.1, 0.15) is 12.1 Å². The molecule has 0 aromatic heterocycles. The molecule has 1 N–H and O–H groups in total. The number of hydrogen-bond acceptors (Lipinski definition) is 5. The van der Waals surface area contributed by atoms with Crippen molar-refractivity contribution >= 4 is 29.3 Å². The summed E-state index contributed by atoms with van der Waals surface area (Å²) < 4.78 is 38.6. The minimum atomic E-state index is -5.04. The molecule has 2 aliphatic heterocycles. The molecule has 0 saturated carbocycles. The quantitative estimate of drug-likeness (QED) is 0.490. The second kappa shape index (κ2) is 12.1. The molecular formula is C28H34F3N5O4. The number of rotatable bonds is 8. The maximum Gasteiger partial charge on any atom is 0.471 e. The van der Waals surface area contributed by atoms with Crippen LogP contribution in [-0.2, 0) is 19.2 Å². The van der Waals surface area contributed by atoms with Crippen molar-refractivity contribution in [2.75, 3.05) is 32.0 Å². The van der Waals surface area contributed by atoms with Gasteiger partial charge in [0.15, 0.2) is 0 Å². The standard InChI is InChI=1S/C28H34F3N5O4/c1-5-27(25(39)33-20-9-7-6-8-10-20)14-21(15-32)36(17-27)24(38)22(13-18(2)3)34(4)23(37)19-11-12-35(16-19)26(40)28(29,30)31/h5-10,18-19,21-22H,1,11-14,16-17H2,2-4H3,(H,33,39)/t19-,21+,22+,27+/m1/s1. The lowest BCUT2D eigenvalue weighted by atomic mass is 9.84. The number of carbonyl (C=O) groups excluding carboxylic acids is 4. The van der Waals surface area contributed by atoms with Gasteiger partial charge in [0.2, 0.25) is 17.7 Å². The van der Waals surface area contributed by atoms with Crippen molar-refractivity contribution < 1.29 is 32.3 Å². The number of halogens is 3. The molecule has 4 atom stereocenters. The van der Waals surface area contributed by atoms with Crippen LogP contribution < -0.4 is 5.32 Å². The van der Waals surface area contributed by atoms with Crippen molar-refractivity contribution in [3.63, 3.8) is 0 Å². The first-order valence-corrected chi connectivity index (χ1v) is 13.1. The number of nitrogens with zero attached hydrogens (tertiary/aromatic N) is 4. The van der Waals surface area contributed by atoms with Crippen molar-refractivity contribution in [2.45, 2.75) is 51.4 Å². The molecule has 0 unspecified atom stereocenters. The molecular weight excluding hydrogens is 527 g/mol.